The summed E-state index contributed by atoms with van der Waals surface area (Å²) in [7, 11) is 0. The zero-order chi connectivity index (χ0) is 14.2. The minimum Gasteiger partial charge on any atom is -0.478 e. The van der Waals surface area contributed by atoms with E-state index < -0.39 is 5.97 Å². The Labute approximate surface area is 112 Å². The van der Waals surface area contributed by atoms with Gasteiger partial charge in [-0.2, -0.15) is 0 Å². The maximum absolute atomic E-state index is 11.1. The van der Waals surface area contributed by atoms with Crippen LogP contribution in [0.5, 0.6) is 0 Å². The normalized spacial score (nSPS) is 13.7. The van der Waals surface area contributed by atoms with Gasteiger partial charge in [0, 0.05) is 6.42 Å². The molecule has 1 unspecified atom stereocenters. The summed E-state index contributed by atoms with van der Waals surface area (Å²) in [4.78, 5) is 15.5. The van der Waals surface area contributed by atoms with Crippen molar-refractivity contribution in [2.45, 2.75) is 34.1 Å². The van der Waals surface area contributed by atoms with Gasteiger partial charge >= 0.3 is 5.97 Å². The average Bonchev–Trinajstić information content (AvgIpc) is 2.68. The molecule has 0 radical (unpaired) electrons. The predicted molar refractivity (Wildman–Crippen MR) is 73.3 cm³/mol. The maximum atomic E-state index is 11.1. The number of aromatic nitrogens is 1. The summed E-state index contributed by atoms with van der Waals surface area (Å²) in [6.45, 7) is 8.65. The molecule has 2 aromatic rings. The largest absolute Gasteiger partial charge is 0.478 e. The lowest BCUT2D eigenvalue weighted by Gasteiger charge is -2.25. The molecule has 1 atom stereocenters. The molecule has 0 bridgehead atoms. The molecular weight excluding hydrogens is 242 g/mol. The number of nitrogens with zero attached hydrogens (tertiary/aromatic N) is 1. The lowest BCUT2D eigenvalue weighted by molar-refractivity contribution is 0.0697. The van der Waals surface area contributed by atoms with Gasteiger partial charge in [-0.15, -0.1) is 0 Å². The first-order chi connectivity index (χ1) is 8.79. The van der Waals surface area contributed by atoms with Gasteiger partial charge in [-0.1, -0.05) is 33.8 Å². The predicted octanol–water partition coefficient (Wildman–Crippen LogP) is 3.75. The smallest absolute Gasteiger partial charge is 0.339 e. The number of aromatic carboxylic acids is 1. The zero-order valence-electron chi connectivity index (χ0n) is 11.7. The van der Waals surface area contributed by atoms with Crippen LogP contribution in [0.25, 0.3) is 11.1 Å². The summed E-state index contributed by atoms with van der Waals surface area (Å²) in [6.07, 6.45) is 0.706. The van der Waals surface area contributed by atoms with Crippen LogP contribution in [0.2, 0.25) is 0 Å². The van der Waals surface area contributed by atoms with E-state index in [4.69, 9.17) is 9.52 Å². The lowest BCUT2D eigenvalue weighted by Crippen LogP contribution is -2.19. The molecule has 0 aliphatic heterocycles. The maximum Gasteiger partial charge on any atom is 0.339 e. The Hall–Kier alpha value is -1.84. The molecular formula is C15H19NO3. The van der Waals surface area contributed by atoms with Crippen LogP contribution in [0, 0.1) is 11.3 Å². The second-order valence-corrected chi connectivity index (χ2v) is 6.04. The number of hydrogen-bond acceptors (Lipinski definition) is 3. The van der Waals surface area contributed by atoms with Crippen molar-refractivity contribution in [3.8, 4) is 0 Å². The fourth-order valence-electron chi connectivity index (χ4n) is 1.82. The number of para-hydroxylation sites is 1. The number of carbonyl (C=O) groups is 1. The van der Waals surface area contributed by atoms with Gasteiger partial charge in [0.2, 0.25) is 0 Å². The summed E-state index contributed by atoms with van der Waals surface area (Å²) in [6, 6.07) is 4.99. The van der Waals surface area contributed by atoms with Gasteiger partial charge in [0.05, 0.1) is 0 Å². The molecule has 1 aromatic carbocycles. The average molecular weight is 261 g/mol. The molecule has 0 saturated heterocycles. The van der Waals surface area contributed by atoms with Crippen molar-refractivity contribution in [1.82, 2.24) is 4.98 Å². The number of rotatable bonds is 3. The molecule has 0 aliphatic rings. The molecule has 2 rings (SSSR count). The molecule has 4 nitrogen and oxygen atoms in total. The third kappa shape index (κ3) is 2.78. The quantitative estimate of drug-likeness (QED) is 0.913. The van der Waals surface area contributed by atoms with Gasteiger partial charge in [-0.05, 0) is 23.5 Å². The highest BCUT2D eigenvalue weighted by molar-refractivity contribution is 5.99. The molecule has 4 heteroatoms. The molecule has 1 N–H and O–H groups in total. The van der Waals surface area contributed by atoms with Crippen LogP contribution in [0.4, 0.5) is 0 Å². The van der Waals surface area contributed by atoms with E-state index in [9.17, 15) is 4.79 Å². The van der Waals surface area contributed by atoms with Gasteiger partial charge < -0.3 is 9.52 Å². The van der Waals surface area contributed by atoms with E-state index in [1.807, 2.05) is 0 Å². The number of fused-ring (bicyclic) bond motifs is 1. The number of carboxylic acid groups (broad SMARTS) is 1. The summed E-state index contributed by atoms with van der Waals surface area (Å²) >= 11 is 0. The first-order valence-corrected chi connectivity index (χ1v) is 6.41. The minimum absolute atomic E-state index is 0.163. The minimum atomic E-state index is -0.989. The Morgan fingerprint density at radius 2 is 2.11 bits per heavy atom. The van der Waals surface area contributed by atoms with Crippen LogP contribution in [0.1, 0.15) is 43.9 Å². The Morgan fingerprint density at radius 3 is 2.68 bits per heavy atom. The highest BCUT2D eigenvalue weighted by Gasteiger charge is 2.23. The highest BCUT2D eigenvalue weighted by atomic mass is 16.4. The van der Waals surface area contributed by atoms with Crippen LogP contribution in [0.3, 0.4) is 0 Å². The van der Waals surface area contributed by atoms with Crippen LogP contribution >= 0.6 is 0 Å². The zero-order valence-corrected chi connectivity index (χ0v) is 11.7. The summed E-state index contributed by atoms with van der Waals surface area (Å²) < 4.78 is 5.63. The van der Waals surface area contributed by atoms with E-state index in [0.29, 0.717) is 29.3 Å². The third-order valence-corrected chi connectivity index (χ3v) is 3.65. The Bertz CT molecular complexity index is 607. The van der Waals surface area contributed by atoms with E-state index in [1.165, 1.54) is 6.07 Å². The number of benzene rings is 1. The Kier molecular flexibility index (Phi) is 3.35. The fourth-order valence-corrected chi connectivity index (χ4v) is 1.82. The monoisotopic (exact) mass is 261 g/mol. The summed E-state index contributed by atoms with van der Waals surface area (Å²) in [5.41, 5.74) is 1.30. The molecule has 19 heavy (non-hydrogen) atoms. The lowest BCUT2D eigenvalue weighted by atomic mass is 9.80. The summed E-state index contributed by atoms with van der Waals surface area (Å²) in [5.74, 6) is 0.0112. The van der Waals surface area contributed by atoms with E-state index in [1.54, 1.807) is 12.1 Å². The van der Waals surface area contributed by atoms with Gasteiger partial charge in [0.25, 0.3) is 0 Å². The van der Waals surface area contributed by atoms with E-state index >= 15 is 0 Å². The number of hydrogen-bond donors (Lipinski definition) is 1. The van der Waals surface area contributed by atoms with Crippen molar-refractivity contribution in [3.63, 3.8) is 0 Å². The van der Waals surface area contributed by atoms with E-state index in [-0.39, 0.29) is 11.0 Å². The van der Waals surface area contributed by atoms with Gasteiger partial charge in [-0.3, -0.25) is 0 Å². The van der Waals surface area contributed by atoms with Crippen LogP contribution in [-0.4, -0.2) is 16.1 Å². The first-order valence-electron chi connectivity index (χ1n) is 6.41. The van der Waals surface area contributed by atoms with E-state index in [0.717, 1.165) is 0 Å². The van der Waals surface area contributed by atoms with Crippen molar-refractivity contribution in [3.05, 3.63) is 29.7 Å². The van der Waals surface area contributed by atoms with Gasteiger partial charge in [0.15, 0.2) is 11.5 Å². The fraction of sp³-hybridized carbons (Fsp3) is 0.467. The van der Waals surface area contributed by atoms with E-state index in [2.05, 4.69) is 32.7 Å². The second-order valence-electron chi connectivity index (χ2n) is 6.04. The molecule has 0 amide bonds. The van der Waals surface area contributed by atoms with Crippen molar-refractivity contribution < 1.29 is 14.3 Å². The van der Waals surface area contributed by atoms with Crippen LogP contribution < -0.4 is 0 Å². The molecule has 1 aromatic heterocycles. The highest BCUT2D eigenvalue weighted by Crippen LogP contribution is 2.29. The first kappa shape index (κ1) is 13.6. The molecule has 0 saturated carbocycles. The SMILES string of the molecule is CC(Cc1nc2cccc(C(=O)O)c2o1)C(C)(C)C. The molecule has 102 valence electrons. The molecule has 0 spiro atoms. The number of carboxylic acids is 1. The van der Waals surface area contributed by atoms with Crippen LogP contribution in [-0.2, 0) is 6.42 Å². The summed E-state index contributed by atoms with van der Waals surface area (Å²) in [5, 5.41) is 9.12. The van der Waals surface area contributed by atoms with Gasteiger partial charge in [0.1, 0.15) is 11.1 Å². The van der Waals surface area contributed by atoms with Gasteiger partial charge in [-0.25, -0.2) is 9.78 Å². The van der Waals surface area contributed by atoms with Crippen molar-refractivity contribution >= 4 is 17.1 Å². The molecule has 1 heterocycles. The topological polar surface area (TPSA) is 63.3 Å². The molecule has 0 fully saturated rings. The number of oxazole rings is 1. The third-order valence-electron chi connectivity index (χ3n) is 3.65. The standard InChI is InChI=1S/C15H19NO3/c1-9(15(2,3)4)8-12-16-11-7-5-6-10(14(17)18)13(11)19-12/h5-7,9H,8H2,1-4H3,(H,17,18). The van der Waals surface area contributed by atoms with Crippen molar-refractivity contribution in [1.29, 1.82) is 0 Å². The Morgan fingerprint density at radius 1 is 1.42 bits per heavy atom. The van der Waals surface area contributed by atoms with Crippen molar-refractivity contribution in [2.24, 2.45) is 11.3 Å². The Balaban J connectivity index is 2.37. The molecule has 0 aliphatic carbocycles. The van der Waals surface area contributed by atoms with Crippen LogP contribution in [0.15, 0.2) is 22.6 Å². The van der Waals surface area contributed by atoms with Crippen molar-refractivity contribution in [2.75, 3.05) is 0 Å². The second kappa shape index (κ2) is 4.68.